The lowest BCUT2D eigenvalue weighted by atomic mass is 9.45. The van der Waals surface area contributed by atoms with E-state index >= 15 is 0 Å². The first kappa shape index (κ1) is 22.1. The summed E-state index contributed by atoms with van der Waals surface area (Å²) < 4.78 is 6.12. The van der Waals surface area contributed by atoms with Crippen molar-refractivity contribution in [2.45, 2.75) is 111 Å². The molecular formula is C27H42O3. The van der Waals surface area contributed by atoms with Gasteiger partial charge in [-0.1, -0.05) is 45.6 Å². The summed E-state index contributed by atoms with van der Waals surface area (Å²) in [7, 11) is 0. The van der Waals surface area contributed by atoms with E-state index < -0.39 is 0 Å². The van der Waals surface area contributed by atoms with Crippen LogP contribution in [0, 0.1) is 34.5 Å². The van der Waals surface area contributed by atoms with E-state index in [-0.39, 0.29) is 22.9 Å². The molecule has 0 amide bonds. The molecule has 0 aromatic carbocycles. The number of carbonyl (C=O) groups excluding carboxylic acids is 2. The number of carbonyl (C=O) groups is 2. The van der Waals surface area contributed by atoms with Gasteiger partial charge in [0.2, 0.25) is 0 Å². The lowest BCUT2D eigenvalue weighted by Crippen LogP contribution is -2.54. The first-order valence-electron chi connectivity index (χ1n) is 12.7. The third-order valence-electron chi connectivity index (χ3n) is 10.00. The number of rotatable bonds is 6. The molecule has 0 radical (unpaired) electrons. The second kappa shape index (κ2) is 8.43. The Balaban J connectivity index is 1.46. The summed E-state index contributed by atoms with van der Waals surface area (Å²) in [5.74, 6) is 2.95. The largest absolute Gasteiger partial charge is 0.462 e. The van der Waals surface area contributed by atoms with Gasteiger partial charge in [0, 0.05) is 18.3 Å². The minimum absolute atomic E-state index is 0.0281. The summed E-state index contributed by atoms with van der Waals surface area (Å²) in [5.41, 5.74) is 1.66. The summed E-state index contributed by atoms with van der Waals surface area (Å²) >= 11 is 0. The van der Waals surface area contributed by atoms with E-state index in [0.717, 1.165) is 38.0 Å². The van der Waals surface area contributed by atoms with E-state index in [2.05, 4.69) is 27.7 Å². The van der Waals surface area contributed by atoms with Crippen LogP contribution in [-0.2, 0) is 14.3 Å². The van der Waals surface area contributed by atoms with Crippen molar-refractivity contribution in [1.82, 2.24) is 0 Å². The second-order valence-corrected chi connectivity index (χ2v) is 11.3. The zero-order chi connectivity index (χ0) is 21.5. The summed E-state index contributed by atoms with van der Waals surface area (Å²) in [6.07, 6.45) is 15.0. The van der Waals surface area contributed by atoms with Crippen LogP contribution in [0.5, 0.6) is 0 Å². The van der Waals surface area contributed by atoms with Gasteiger partial charge in [0.1, 0.15) is 6.10 Å². The minimum atomic E-state index is 0.0281. The van der Waals surface area contributed by atoms with Gasteiger partial charge in [-0.2, -0.15) is 0 Å². The van der Waals surface area contributed by atoms with Crippen LogP contribution in [0.1, 0.15) is 105 Å². The van der Waals surface area contributed by atoms with Crippen LogP contribution in [0.4, 0.5) is 0 Å². The number of allylic oxidation sites excluding steroid dienone is 2. The summed E-state index contributed by atoms with van der Waals surface area (Å²) in [6, 6.07) is 0. The number of esters is 1. The molecule has 4 aliphatic rings. The molecule has 0 bridgehead atoms. The van der Waals surface area contributed by atoms with E-state index in [1.54, 1.807) is 0 Å². The number of hydrogen-bond acceptors (Lipinski definition) is 3. The quantitative estimate of drug-likeness (QED) is 0.361. The van der Waals surface area contributed by atoms with Crippen LogP contribution in [0.2, 0.25) is 0 Å². The molecule has 3 nitrogen and oxygen atoms in total. The maximum absolute atomic E-state index is 12.5. The van der Waals surface area contributed by atoms with Gasteiger partial charge >= 0.3 is 5.97 Å². The van der Waals surface area contributed by atoms with Gasteiger partial charge < -0.3 is 4.74 Å². The predicted molar refractivity (Wildman–Crippen MR) is 120 cm³/mol. The molecule has 0 spiro atoms. The lowest BCUT2D eigenvalue weighted by molar-refractivity contribution is -0.161. The van der Waals surface area contributed by atoms with Crippen LogP contribution >= 0.6 is 0 Å². The first-order chi connectivity index (χ1) is 14.3. The molecule has 0 saturated heterocycles. The Morgan fingerprint density at radius 2 is 1.87 bits per heavy atom. The van der Waals surface area contributed by atoms with Crippen molar-refractivity contribution in [2.24, 2.45) is 34.5 Å². The molecule has 30 heavy (non-hydrogen) atoms. The Bertz CT molecular complexity index is 709. The van der Waals surface area contributed by atoms with Crippen molar-refractivity contribution in [2.75, 3.05) is 0 Å². The maximum atomic E-state index is 12.5. The number of hydrogen-bond donors (Lipinski definition) is 0. The normalized spacial score (nSPS) is 42.7. The number of ketones is 1. The molecule has 0 aromatic heterocycles. The lowest BCUT2D eigenvalue weighted by Gasteiger charge is -2.60. The zero-order valence-corrected chi connectivity index (χ0v) is 19.7. The summed E-state index contributed by atoms with van der Waals surface area (Å²) in [4.78, 5) is 24.7. The summed E-state index contributed by atoms with van der Waals surface area (Å²) in [5, 5.41) is 0. The third kappa shape index (κ3) is 3.58. The molecule has 0 N–H and O–H groups in total. The van der Waals surface area contributed by atoms with E-state index in [4.69, 9.17) is 4.74 Å². The number of unbranched alkanes of at least 4 members (excludes halogenated alkanes) is 3. The molecule has 168 valence electrons. The highest BCUT2D eigenvalue weighted by Gasteiger charge is 2.61. The van der Waals surface area contributed by atoms with E-state index in [0.29, 0.717) is 30.0 Å². The molecule has 4 rings (SSSR count). The van der Waals surface area contributed by atoms with E-state index in [1.165, 1.54) is 44.1 Å². The van der Waals surface area contributed by atoms with Gasteiger partial charge in [0.15, 0.2) is 5.78 Å². The molecule has 4 aliphatic carbocycles. The van der Waals surface area contributed by atoms with Crippen LogP contribution in [0.15, 0.2) is 11.6 Å². The van der Waals surface area contributed by atoms with Crippen molar-refractivity contribution < 1.29 is 14.3 Å². The highest BCUT2D eigenvalue weighted by atomic mass is 16.5. The number of fused-ring (bicyclic) bond motifs is 5. The Labute approximate surface area is 183 Å². The molecule has 0 heterocycles. The van der Waals surface area contributed by atoms with Gasteiger partial charge in [0.05, 0.1) is 0 Å². The van der Waals surface area contributed by atoms with Crippen molar-refractivity contribution in [1.29, 1.82) is 0 Å². The second-order valence-electron chi connectivity index (χ2n) is 11.3. The van der Waals surface area contributed by atoms with Gasteiger partial charge in [-0.25, -0.2) is 0 Å². The minimum Gasteiger partial charge on any atom is -0.462 e. The van der Waals surface area contributed by atoms with Crippen LogP contribution in [-0.4, -0.2) is 17.9 Å². The first-order valence-corrected chi connectivity index (χ1v) is 12.7. The van der Waals surface area contributed by atoms with Gasteiger partial charge in [-0.15, -0.1) is 0 Å². The Hall–Kier alpha value is -1.12. The fourth-order valence-corrected chi connectivity index (χ4v) is 8.12. The molecule has 3 saturated carbocycles. The fraction of sp³-hybridized carbons (Fsp3) is 0.852. The van der Waals surface area contributed by atoms with Gasteiger partial charge in [-0.3, -0.25) is 9.59 Å². The van der Waals surface area contributed by atoms with E-state index in [9.17, 15) is 9.59 Å². The van der Waals surface area contributed by atoms with Crippen LogP contribution in [0.3, 0.4) is 0 Å². The van der Waals surface area contributed by atoms with Crippen LogP contribution in [0.25, 0.3) is 0 Å². The average molecular weight is 415 g/mol. The van der Waals surface area contributed by atoms with Gasteiger partial charge in [-0.05, 0) is 87.0 Å². The average Bonchev–Trinajstić information content (AvgIpc) is 3.03. The SMILES string of the molecule is CCCCCCC(=O)O[C@@H]1CC[C@@H]2[C@H]3CCC4CC(=O)C=C(C)[C@@]4(C)[C@H]3CC[C@@]21C. The topological polar surface area (TPSA) is 43.4 Å². The molecule has 7 atom stereocenters. The van der Waals surface area contributed by atoms with Gasteiger partial charge in [0.25, 0.3) is 0 Å². The molecule has 0 aromatic rings. The molecule has 0 aliphatic heterocycles. The zero-order valence-electron chi connectivity index (χ0n) is 19.7. The molecule has 1 unspecified atom stereocenters. The van der Waals surface area contributed by atoms with E-state index in [1.807, 2.05) is 6.08 Å². The monoisotopic (exact) mass is 414 g/mol. The number of ether oxygens (including phenoxy) is 1. The Morgan fingerprint density at radius 1 is 1.07 bits per heavy atom. The van der Waals surface area contributed by atoms with Crippen molar-refractivity contribution >= 4 is 11.8 Å². The standard InChI is InChI=1S/C27H42O3/c1-5-6-7-8-9-25(29)30-24-13-12-22-21-11-10-19-17-20(28)16-18(2)27(19,4)23(21)14-15-26(22,24)3/h16,19,21-24H,5-15,17H2,1-4H3/t19?,21-,22-,23+,24-,26+,27-/m1/s1. The highest BCUT2D eigenvalue weighted by Crippen LogP contribution is 2.66. The van der Waals surface area contributed by atoms with Crippen LogP contribution < -0.4 is 0 Å². The Kier molecular flexibility index (Phi) is 6.21. The fourth-order valence-electron chi connectivity index (χ4n) is 8.12. The molecule has 3 heteroatoms. The molecule has 3 fully saturated rings. The summed E-state index contributed by atoms with van der Waals surface area (Å²) in [6.45, 7) is 9.28. The van der Waals surface area contributed by atoms with Crippen molar-refractivity contribution in [3.63, 3.8) is 0 Å². The smallest absolute Gasteiger partial charge is 0.306 e. The maximum Gasteiger partial charge on any atom is 0.306 e. The third-order valence-corrected chi connectivity index (χ3v) is 10.00. The van der Waals surface area contributed by atoms with Crippen molar-refractivity contribution in [3.05, 3.63) is 11.6 Å². The highest BCUT2D eigenvalue weighted by molar-refractivity contribution is 5.91. The predicted octanol–water partition coefficient (Wildman–Crippen LogP) is 6.65. The molecular weight excluding hydrogens is 372 g/mol. The Morgan fingerprint density at radius 3 is 2.63 bits per heavy atom. The van der Waals surface area contributed by atoms with Crippen molar-refractivity contribution in [3.8, 4) is 0 Å².